The zero-order chi connectivity index (χ0) is 20.8. The van der Waals surface area contributed by atoms with E-state index in [1.54, 1.807) is 19.3 Å². The van der Waals surface area contributed by atoms with Crippen LogP contribution >= 0.6 is 0 Å². The van der Waals surface area contributed by atoms with Gasteiger partial charge in [-0.05, 0) is 43.6 Å². The Bertz CT molecular complexity index is 946. The molecular formula is C19H29N5O4S. The number of amides is 1. The fourth-order valence-electron chi connectivity index (χ4n) is 4.97. The topological polar surface area (TPSA) is 113 Å². The van der Waals surface area contributed by atoms with Gasteiger partial charge < -0.3 is 9.88 Å². The van der Waals surface area contributed by atoms with Crippen LogP contribution in [0.5, 0.6) is 0 Å². The molecule has 160 valence electrons. The predicted molar refractivity (Wildman–Crippen MR) is 110 cm³/mol. The first-order valence-corrected chi connectivity index (χ1v) is 11.7. The third-order valence-electron chi connectivity index (χ3n) is 6.47. The molecule has 3 N–H and O–H groups in total. The van der Waals surface area contributed by atoms with Crippen LogP contribution in [0.4, 0.5) is 5.69 Å². The molecular weight excluding hydrogens is 394 g/mol. The molecule has 9 nitrogen and oxygen atoms in total. The normalized spacial score (nSPS) is 32.8. The number of fused-ring (bicyclic) bond motifs is 1. The van der Waals surface area contributed by atoms with E-state index in [1.807, 2.05) is 0 Å². The molecule has 3 fully saturated rings. The predicted octanol–water partition coefficient (Wildman–Crippen LogP) is 0.00910. The third kappa shape index (κ3) is 3.86. The van der Waals surface area contributed by atoms with Crippen molar-refractivity contribution in [2.75, 3.05) is 18.4 Å². The van der Waals surface area contributed by atoms with E-state index in [0.29, 0.717) is 37.4 Å². The molecule has 0 aromatic carbocycles. The first kappa shape index (κ1) is 20.5. The summed E-state index contributed by atoms with van der Waals surface area (Å²) >= 11 is 0. The van der Waals surface area contributed by atoms with Crippen LogP contribution in [0.2, 0.25) is 0 Å². The van der Waals surface area contributed by atoms with Crippen molar-refractivity contribution in [2.24, 2.45) is 18.9 Å². The average molecular weight is 424 g/mol. The van der Waals surface area contributed by atoms with Gasteiger partial charge in [-0.2, -0.15) is 4.31 Å². The molecule has 10 heteroatoms. The largest absolute Gasteiger partial charge is 0.324 e. The summed E-state index contributed by atoms with van der Waals surface area (Å²) in [4.78, 5) is 24.7. The van der Waals surface area contributed by atoms with Crippen molar-refractivity contribution in [1.82, 2.24) is 19.7 Å². The lowest BCUT2D eigenvalue weighted by Crippen LogP contribution is -2.55. The van der Waals surface area contributed by atoms with Crippen LogP contribution in [0, 0.1) is 11.8 Å². The number of rotatable bonds is 4. The van der Waals surface area contributed by atoms with Gasteiger partial charge in [0.1, 0.15) is 6.04 Å². The van der Waals surface area contributed by atoms with Crippen LogP contribution in [0.3, 0.4) is 0 Å². The van der Waals surface area contributed by atoms with E-state index in [2.05, 4.69) is 23.1 Å². The molecule has 2 aliphatic heterocycles. The average Bonchev–Trinajstić information content (AvgIpc) is 3.33. The monoisotopic (exact) mass is 423 g/mol. The Morgan fingerprint density at radius 1 is 1.31 bits per heavy atom. The highest BCUT2D eigenvalue weighted by Crippen LogP contribution is 2.37. The molecule has 3 aliphatic rings. The minimum Gasteiger partial charge on any atom is -0.324 e. The van der Waals surface area contributed by atoms with Crippen LogP contribution in [0.15, 0.2) is 23.1 Å². The second-order valence-electron chi connectivity index (χ2n) is 8.59. The number of hydrazine groups is 1. The number of nitrogens with one attached hydrogen (secondary N) is 3. The summed E-state index contributed by atoms with van der Waals surface area (Å²) < 4.78 is 29.9. The van der Waals surface area contributed by atoms with Crippen LogP contribution in [-0.2, 0) is 21.9 Å². The Balaban J connectivity index is 1.54. The SMILES string of the molecule is CC1CC2CNNC2C(S(=O)(=O)N2CCC[C@H]2C(=O)Nc2ccn(C)c(=O)c2)C1. The van der Waals surface area contributed by atoms with Crippen LogP contribution in [-0.4, -0.2) is 53.6 Å². The van der Waals surface area contributed by atoms with Crippen LogP contribution in [0.25, 0.3) is 0 Å². The van der Waals surface area contributed by atoms with Crippen molar-refractivity contribution >= 4 is 21.6 Å². The minimum atomic E-state index is -3.65. The highest BCUT2D eigenvalue weighted by atomic mass is 32.2. The molecule has 1 saturated carbocycles. The number of aryl methyl sites for hydroxylation is 1. The van der Waals surface area contributed by atoms with E-state index in [4.69, 9.17) is 0 Å². The van der Waals surface area contributed by atoms with Gasteiger partial charge in [-0.3, -0.25) is 20.4 Å². The summed E-state index contributed by atoms with van der Waals surface area (Å²) in [5.41, 5.74) is 6.42. The van der Waals surface area contributed by atoms with Crippen molar-refractivity contribution < 1.29 is 13.2 Å². The quantitative estimate of drug-likeness (QED) is 0.629. The molecule has 1 aliphatic carbocycles. The molecule has 5 atom stereocenters. The van der Waals surface area contributed by atoms with Gasteiger partial charge in [0.2, 0.25) is 15.9 Å². The molecule has 0 spiro atoms. The number of nitrogens with zero attached hydrogens (tertiary/aromatic N) is 2. The van der Waals surface area contributed by atoms with Gasteiger partial charge >= 0.3 is 0 Å². The van der Waals surface area contributed by atoms with Crippen molar-refractivity contribution in [3.63, 3.8) is 0 Å². The van der Waals surface area contributed by atoms with Crippen molar-refractivity contribution in [3.05, 3.63) is 28.7 Å². The number of pyridine rings is 1. The molecule has 0 radical (unpaired) electrons. The lowest BCUT2D eigenvalue weighted by atomic mass is 9.79. The number of carbonyl (C=O) groups is 1. The minimum absolute atomic E-state index is 0.127. The summed E-state index contributed by atoms with van der Waals surface area (Å²) in [5, 5.41) is 2.19. The molecule has 29 heavy (non-hydrogen) atoms. The van der Waals surface area contributed by atoms with Crippen molar-refractivity contribution in [3.8, 4) is 0 Å². The van der Waals surface area contributed by atoms with Gasteiger partial charge in [-0.15, -0.1) is 0 Å². The van der Waals surface area contributed by atoms with Gasteiger partial charge in [0.05, 0.1) is 5.25 Å². The summed E-state index contributed by atoms with van der Waals surface area (Å²) in [7, 11) is -2.02. The molecule has 1 aromatic rings. The lowest BCUT2D eigenvalue weighted by Gasteiger charge is -2.38. The van der Waals surface area contributed by atoms with Gasteiger partial charge in [-0.25, -0.2) is 8.42 Å². The fraction of sp³-hybridized carbons (Fsp3) is 0.684. The number of sulfonamides is 1. The van der Waals surface area contributed by atoms with E-state index < -0.39 is 21.3 Å². The number of anilines is 1. The maximum Gasteiger partial charge on any atom is 0.252 e. The van der Waals surface area contributed by atoms with E-state index in [1.165, 1.54) is 14.9 Å². The molecule has 1 aromatic heterocycles. The number of hydrogen-bond donors (Lipinski definition) is 3. The third-order valence-corrected chi connectivity index (χ3v) is 8.81. The van der Waals surface area contributed by atoms with E-state index in [0.717, 1.165) is 13.0 Å². The summed E-state index contributed by atoms with van der Waals surface area (Å²) in [6.07, 6.45) is 4.30. The van der Waals surface area contributed by atoms with Crippen LogP contribution < -0.4 is 21.7 Å². The number of hydrogen-bond acceptors (Lipinski definition) is 6. The molecule has 1 amide bonds. The Kier molecular flexibility index (Phi) is 5.54. The van der Waals surface area contributed by atoms with Gasteiger partial charge in [0.15, 0.2) is 0 Å². The first-order chi connectivity index (χ1) is 13.8. The van der Waals surface area contributed by atoms with Gasteiger partial charge in [-0.1, -0.05) is 6.92 Å². The van der Waals surface area contributed by atoms with Crippen LogP contribution in [0.1, 0.15) is 32.6 Å². The molecule has 0 bridgehead atoms. The highest BCUT2D eigenvalue weighted by Gasteiger charge is 2.50. The smallest absolute Gasteiger partial charge is 0.252 e. The summed E-state index contributed by atoms with van der Waals surface area (Å²) in [6, 6.07) is 2.11. The van der Waals surface area contributed by atoms with Gasteiger partial charge in [0.25, 0.3) is 5.56 Å². The highest BCUT2D eigenvalue weighted by molar-refractivity contribution is 7.89. The summed E-state index contributed by atoms with van der Waals surface area (Å²) in [5.74, 6) is 0.235. The maximum absolute atomic E-state index is 13.6. The zero-order valence-corrected chi connectivity index (χ0v) is 17.6. The first-order valence-electron chi connectivity index (χ1n) is 10.2. The Labute approximate surface area is 170 Å². The number of carbonyl (C=O) groups excluding carboxylic acids is 1. The standard InChI is InChI=1S/C19H29N5O4S/c1-12-8-13-11-20-22-18(13)16(9-12)29(27,28)24-6-3-4-15(24)19(26)21-14-5-7-23(2)17(25)10-14/h5,7,10,12-13,15-16,18,20,22H,3-4,6,8-9,11H2,1-2H3,(H,21,26)/t12?,13?,15-,16?,18?/m0/s1. The fourth-order valence-corrected chi connectivity index (χ4v) is 7.49. The van der Waals surface area contributed by atoms with E-state index in [-0.39, 0.29) is 23.4 Å². The second kappa shape index (κ2) is 7.82. The van der Waals surface area contributed by atoms with Crippen molar-refractivity contribution in [1.29, 1.82) is 0 Å². The molecule has 3 heterocycles. The Morgan fingerprint density at radius 2 is 2.10 bits per heavy atom. The lowest BCUT2D eigenvalue weighted by molar-refractivity contribution is -0.119. The Hall–Kier alpha value is -1.75. The second-order valence-corrected chi connectivity index (χ2v) is 10.7. The zero-order valence-electron chi connectivity index (χ0n) is 16.8. The molecule has 4 rings (SSSR count). The molecule has 4 unspecified atom stereocenters. The van der Waals surface area contributed by atoms with E-state index >= 15 is 0 Å². The van der Waals surface area contributed by atoms with E-state index in [9.17, 15) is 18.0 Å². The Morgan fingerprint density at radius 3 is 2.86 bits per heavy atom. The molecule has 2 saturated heterocycles. The van der Waals surface area contributed by atoms with Gasteiger partial charge in [0, 0.05) is 44.1 Å². The maximum atomic E-state index is 13.6. The number of aromatic nitrogens is 1. The summed E-state index contributed by atoms with van der Waals surface area (Å²) in [6.45, 7) is 3.22. The van der Waals surface area contributed by atoms with Crippen molar-refractivity contribution in [2.45, 2.75) is 49.9 Å².